The maximum absolute atomic E-state index is 13.6. The lowest BCUT2D eigenvalue weighted by atomic mass is 9.97. The highest BCUT2D eigenvalue weighted by Gasteiger charge is 2.37. The number of benzene rings is 1. The number of carbonyl (C=O) groups excluding carboxylic acids is 1. The Morgan fingerprint density at radius 2 is 1.62 bits per heavy atom. The number of urea groups is 1. The molecule has 3 rings (SSSR count). The Hall–Kier alpha value is -3.51. The molecular formula is C21H20F6N4O3. The highest BCUT2D eigenvalue weighted by molar-refractivity contribution is 5.75. The molecule has 2 aromatic rings. The number of pyridine rings is 1. The van der Waals surface area contributed by atoms with Crippen molar-refractivity contribution in [3.8, 4) is 0 Å². The van der Waals surface area contributed by atoms with Gasteiger partial charge in [-0.2, -0.15) is 26.3 Å². The van der Waals surface area contributed by atoms with Gasteiger partial charge in [-0.15, -0.1) is 0 Å². The van der Waals surface area contributed by atoms with Gasteiger partial charge in [0, 0.05) is 25.3 Å². The van der Waals surface area contributed by atoms with E-state index in [-0.39, 0.29) is 18.7 Å². The van der Waals surface area contributed by atoms with Crippen LogP contribution in [-0.2, 0) is 12.4 Å². The number of amides is 3. The van der Waals surface area contributed by atoms with Gasteiger partial charge in [-0.1, -0.05) is 12.1 Å². The van der Waals surface area contributed by atoms with Gasteiger partial charge in [0.15, 0.2) is 0 Å². The summed E-state index contributed by atoms with van der Waals surface area (Å²) in [5, 5.41) is 14.0. The molecule has 0 spiro atoms. The molecule has 3 amide bonds. The van der Waals surface area contributed by atoms with Gasteiger partial charge >= 0.3 is 24.5 Å². The van der Waals surface area contributed by atoms with Crippen molar-refractivity contribution in [2.45, 2.75) is 37.3 Å². The van der Waals surface area contributed by atoms with Crippen LogP contribution in [0.25, 0.3) is 0 Å². The number of nitrogens with zero attached hydrogens (tertiary/aromatic N) is 2. The van der Waals surface area contributed by atoms with Gasteiger partial charge in [-0.25, -0.2) is 9.59 Å². The number of halogens is 6. The fourth-order valence-corrected chi connectivity index (χ4v) is 3.63. The highest BCUT2D eigenvalue weighted by atomic mass is 19.4. The lowest BCUT2D eigenvalue weighted by molar-refractivity contribution is -0.139. The summed E-state index contributed by atoms with van der Waals surface area (Å²) in [5.41, 5.74) is -2.75. The molecule has 1 unspecified atom stereocenters. The molecule has 1 fully saturated rings. The number of carboxylic acid groups (broad SMARTS) is 1. The van der Waals surface area contributed by atoms with E-state index in [1.54, 1.807) is 0 Å². The molecule has 1 aliphatic heterocycles. The van der Waals surface area contributed by atoms with Crippen molar-refractivity contribution in [3.05, 3.63) is 65.0 Å². The van der Waals surface area contributed by atoms with Crippen LogP contribution in [-0.4, -0.2) is 46.2 Å². The molecule has 2 heterocycles. The number of carbonyl (C=O) groups is 2. The largest absolute Gasteiger partial charge is 0.465 e. The zero-order chi connectivity index (χ0) is 25.1. The summed E-state index contributed by atoms with van der Waals surface area (Å²) in [7, 11) is 0. The molecule has 184 valence electrons. The van der Waals surface area contributed by atoms with Gasteiger partial charge in [0.05, 0.1) is 22.9 Å². The Balaban J connectivity index is 1.86. The minimum atomic E-state index is -4.82. The molecule has 1 aromatic carbocycles. The third-order valence-corrected chi connectivity index (χ3v) is 5.36. The number of likely N-dealkylation sites (tertiary alicyclic amines) is 1. The number of piperidine rings is 1. The van der Waals surface area contributed by atoms with E-state index in [0.717, 1.165) is 30.5 Å². The second-order valence-corrected chi connectivity index (χ2v) is 7.65. The van der Waals surface area contributed by atoms with Crippen molar-refractivity contribution in [3.63, 3.8) is 0 Å². The molecule has 0 bridgehead atoms. The zero-order valence-corrected chi connectivity index (χ0v) is 17.5. The maximum Gasteiger partial charge on any atom is 0.418 e. The summed E-state index contributed by atoms with van der Waals surface area (Å²) in [6.45, 7) is 0.335. The van der Waals surface area contributed by atoms with Gasteiger partial charge in [0.1, 0.15) is 0 Å². The second kappa shape index (κ2) is 9.77. The van der Waals surface area contributed by atoms with Crippen LogP contribution >= 0.6 is 0 Å². The van der Waals surface area contributed by atoms with Crippen molar-refractivity contribution in [1.82, 2.24) is 20.5 Å². The minimum Gasteiger partial charge on any atom is -0.465 e. The molecule has 34 heavy (non-hydrogen) atoms. The van der Waals surface area contributed by atoms with Gasteiger partial charge in [-0.3, -0.25) is 4.98 Å². The predicted octanol–water partition coefficient (Wildman–Crippen LogP) is 4.65. The molecule has 1 atom stereocenters. The lowest BCUT2D eigenvalue weighted by Crippen LogP contribution is -2.49. The summed E-state index contributed by atoms with van der Waals surface area (Å²) in [4.78, 5) is 28.6. The molecule has 7 nitrogen and oxygen atoms in total. The van der Waals surface area contributed by atoms with Gasteiger partial charge in [0.2, 0.25) is 0 Å². The van der Waals surface area contributed by atoms with E-state index >= 15 is 0 Å². The monoisotopic (exact) mass is 490 g/mol. The van der Waals surface area contributed by atoms with E-state index in [9.17, 15) is 35.9 Å². The Bertz CT molecular complexity index is 1020. The summed E-state index contributed by atoms with van der Waals surface area (Å²) in [6, 6.07) is 2.40. The summed E-state index contributed by atoms with van der Waals surface area (Å²) >= 11 is 0. The number of hydrogen-bond acceptors (Lipinski definition) is 3. The Morgan fingerprint density at radius 3 is 2.15 bits per heavy atom. The first-order valence-corrected chi connectivity index (χ1v) is 10.1. The zero-order valence-electron chi connectivity index (χ0n) is 17.5. The van der Waals surface area contributed by atoms with Crippen LogP contribution < -0.4 is 10.6 Å². The molecule has 1 aromatic heterocycles. The first-order chi connectivity index (χ1) is 15.9. The van der Waals surface area contributed by atoms with Crippen molar-refractivity contribution in [2.75, 3.05) is 13.1 Å². The van der Waals surface area contributed by atoms with Gasteiger partial charge < -0.3 is 20.6 Å². The second-order valence-electron chi connectivity index (χ2n) is 7.65. The standard InChI is InChI=1S/C21H20F6N4O3/c22-20(23,24)13-5-3-12(4-6-13)16(17-15(21(25,26)27)2-1-9-28-17)30-18(32)29-14-7-10-31(11-8-14)19(33)34/h1-6,9,14,16H,7-8,10-11H2,(H,33,34)(H2,29,30,32). The van der Waals surface area contributed by atoms with Gasteiger partial charge in [-0.05, 0) is 42.7 Å². The van der Waals surface area contributed by atoms with Crippen LogP contribution in [0.15, 0.2) is 42.6 Å². The van der Waals surface area contributed by atoms with E-state index in [4.69, 9.17) is 5.11 Å². The average molecular weight is 490 g/mol. The highest BCUT2D eigenvalue weighted by Crippen LogP contribution is 2.36. The van der Waals surface area contributed by atoms with E-state index in [1.807, 2.05) is 0 Å². The molecule has 13 heteroatoms. The number of aromatic nitrogens is 1. The number of rotatable bonds is 4. The third kappa shape index (κ3) is 6.08. The minimum absolute atomic E-state index is 0.0342. The van der Waals surface area contributed by atoms with E-state index in [2.05, 4.69) is 15.6 Å². The molecule has 0 radical (unpaired) electrons. The molecule has 1 saturated heterocycles. The topological polar surface area (TPSA) is 94.6 Å². The SMILES string of the molecule is O=C(NC1CCN(C(=O)O)CC1)NC(c1ccc(C(F)(F)F)cc1)c1ncccc1C(F)(F)F. The van der Waals surface area contributed by atoms with Crippen LogP contribution in [0.1, 0.15) is 41.3 Å². The van der Waals surface area contributed by atoms with E-state index in [1.165, 1.54) is 4.90 Å². The fourth-order valence-electron chi connectivity index (χ4n) is 3.63. The van der Waals surface area contributed by atoms with Crippen LogP contribution in [0.5, 0.6) is 0 Å². The lowest BCUT2D eigenvalue weighted by Gasteiger charge is -2.31. The third-order valence-electron chi connectivity index (χ3n) is 5.36. The van der Waals surface area contributed by atoms with Crippen molar-refractivity contribution < 1.29 is 41.0 Å². The van der Waals surface area contributed by atoms with E-state index < -0.39 is 53.4 Å². The summed E-state index contributed by atoms with van der Waals surface area (Å²) < 4.78 is 79.6. The fraction of sp³-hybridized carbons (Fsp3) is 0.381. The molecule has 1 aliphatic rings. The van der Waals surface area contributed by atoms with Crippen molar-refractivity contribution in [2.24, 2.45) is 0 Å². The normalized spacial score (nSPS) is 16.1. The number of hydrogen-bond donors (Lipinski definition) is 3. The first kappa shape index (κ1) is 25.1. The quantitative estimate of drug-likeness (QED) is 0.544. The van der Waals surface area contributed by atoms with Crippen LogP contribution in [0.2, 0.25) is 0 Å². The number of alkyl halides is 6. The molecule has 0 saturated carbocycles. The van der Waals surface area contributed by atoms with Crippen molar-refractivity contribution >= 4 is 12.1 Å². The van der Waals surface area contributed by atoms with Crippen LogP contribution in [0.4, 0.5) is 35.9 Å². The predicted molar refractivity (Wildman–Crippen MR) is 107 cm³/mol. The van der Waals surface area contributed by atoms with E-state index in [0.29, 0.717) is 25.0 Å². The maximum atomic E-state index is 13.6. The van der Waals surface area contributed by atoms with Gasteiger partial charge in [0.25, 0.3) is 0 Å². The summed E-state index contributed by atoms with van der Waals surface area (Å²) in [6.07, 6.45) is -8.89. The Kier molecular flexibility index (Phi) is 7.22. The summed E-state index contributed by atoms with van der Waals surface area (Å²) in [5.74, 6) is 0. The first-order valence-electron chi connectivity index (χ1n) is 10.1. The smallest absolute Gasteiger partial charge is 0.418 e. The molecular weight excluding hydrogens is 470 g/mol. The molecule has 0 aliphatic carbocycles. The molecule has 3 N–H and O–H groups in total. The average Bonchev–Trinajstić information content (AvgIpc) is 2.77. The van der Waals surface area contributed by atoms with Crippen LogP contribution in [0.3, 0.4) is 0 Å². The van der Waals surface area contributed by atoms with Crippen molar-refractivity contribution in [1.29, 1.82) is 0 Å². The Morgan fingerprint density at radius 1 is 1.00 bits per heavy atom. The number of nitrogens with one attached hydrogen (secondary N) is 2. The van der Waals surface area contributed by atoms with Crippen LogP contribution in [0, 0.1) is 0 Å². The Labute approximate surface area is 189 Å².